The van der Waals surface area contributed by atoms with Gasteiger partial charge >= 0.3 is 30.2 Å². The molecule has 1 aromatic carbocycles. The summed E-state index contributed by atoms with van der Waals surface area (Å²) in [5, 5.41) is 5.18. The van der Waals surface area contributed by atoms with Crippen LogP contribution >= 0.6 is 0 Å². The van der Waals surface area contributed by atoms with Gasteiger partial charge in [0.2, 0.25) is 5.95 Å². The third-order valence-corrected chi connectivity index (χ3v) is 5.38. The lowest BCUT2D eigenvalue weighted by Gasteiger charge is -2.23. The standard InChI is InChI=1S/C26H36N6O8/c1-26(2,3)40-25(35)28-13-16-38-23-30-21(32-14-8-11-19(32)20(33)36-4)29-22(31-23)37-15-12-27-24(34)39-17-18-9-6-5-7-10-18/h5-7,9-10,19H,8,11-17H2,1-4H3,(H,27,34)(H,28,35)/t19-/m0/s1. The Morgan fingerprint density at radius 2 is 1.57 bits per heavy atom. The number of nitrogens with one attached hydrogen (secondary N) is 2. The van der Waals surface area contributed by atoms with Crippen LogP contribution in [-0.2, 0) is 25.6 Å². The minimum Gasteiger partial charge on any atom is -0.467 e. The van der Waals surface area contributed by atoms with Crippen LogP contribution in [0.25, 0.3) is 0 Å². The van der Waals surface area contributed by atoms with Crippen LogP contribution in [0.1, 0.15) is 39.2 Å². The molecule has 3 rings (SSSR count). The van der Waals surface area contributed by atoms with Crippen molar-refractivity contribution in [3.63, 3.8) is 0 Å². The fourth-order valence-electron chi connectivity index (χ4n) is 3.65. The fourth-order valence-corrected chi connectivity index (χ4v) is 3.65. The summed E-state index contributed by atoms with van der Waals surface area (Å²) in [4.78, 5) is 50.6. The van der Waals surface area contributed by atoms with Gasteiger partial charge in [-0.3, -0.25) is 0 Å². The summed E-state index contributed by atoms with van der Waals surface area (Å²) in [5.41, 5.74) is 0.243. The van der Waals surface area contributed by atoms with E-state index in [0.717, 1.165) is 12.0 Å². The number of aromatic nitrogens is 3. The van der Waals surface area contributed by atoms with Gasteiger partial charge in [-0.25, -0.2) is 14.4 Å². The molecule has 14 heteroatoms. The van der Waals surface area contributed by atoms with E-state index in [0.29, 0.717) is 13.0 Å². The van der Waals surface area contributed by atoms with E-state index >= 15 is 0 Å². The quantitative estimate of drug-likeness (QED) is 0.221. The highest BCUT2D eigenvalue weighted by molar-refractivity contribution is 5.79. The lowest BCUT2D eigenvalue weighted by Crippen LogP contribution is -2.38. The first-order valence-corrected chi connectivity index (χ1v) is 12.9. The number of anilines is 1. The SMILES string of the molecule is COC(=O)[C@@H]1CCCN1c1nc(OCCNC(=O)OCc2ccccc2)nc(OCCNC(=O)OC(C)(C)C)n1. The van der Waals surface area contributed by atoms with Gasteiger partial charge < -0.3 is 39.2 Å². The van der Waals surface area contributed by atoms with Crippen LogP contribution in [0.3, 0.4) is 0 Å². The van der Waals surface area contributed by atoms with Crippen molar-refractivity contribution in [3.8, 4) is 12.0 Å². The summed E-state index contributed by atoms with van der Waals surface area (Å²) in [5.74, 6) is -0.217. The van der Waals surface area contributed by atoms with Gasteiger partial charge in [0.05, 0.1) is 20.2 Å². The molecule has 0 aliphatic carbocycles. The Balaban J connectivity index is 1.57. The van der Waals surface area contributed by atoms with Crippen LogP contribution in [0.2, 0.25) is 0 Å². The summed E-state index contributed by atoms with van der Waals surface area (Å²) >= 11 is 0. The van der Waals surface area contributed by atoms with Crippen molar-refractivity contribution >= 4 is 24.1 Å². The molecule has 218 valence electrons. The summed E-state index contributed by atoms with van der Waals surface area (Å²) in [7, 11) is 1.32. The van der Waals surface area contributed by atoms with E-state index in [2.05, 4.69) is 25.6 Å². The maximum atomic E-state index is 12.3. The summed E-state index contributed by atoms with van der Waals surface area (Å²) < 4.78 is 26.5. The Morgan fingerprint density at radius 3 is 2.17 bits per heavy atom. The van der Waals surface area contributed by atoms with Crippen LogP contribution in [0.4, 0.5) is 15.5 Å². The Bertz CT molecular complexity index is 1130. The molecule has 2 aromatic rings. The average Bonchev–Trinajstić information content (AvgIpc) is 3.42. The lowest BCUT2D eigenvalue weighted by atomic mass is 10.2. The molecule has 0 radical (unpaired) electrons. The van der Waals surface area contributed by atoms with E-state index in [1.165, 1.54) is 7.11 Å². The first kappa shape index (κ1) is 30.2. The number of hydrogen-bond acceptors (Lipinski definition) is 12. The lowest BCUT2D eigenvalue weighted by molar-refractivity contribution is -0.142. The Hall–Kier alpha value is -4.36. The predicted molar refractivity (Wildman–Crippen MR) is 142 cm³/mol. The zero-order valence-electron chi connectivity index (χ0n) is 23.2. The first-order chi connectivity index (χ1) is 19.1. The number of amides is 2. The third-order valence-electron chi connectivity index (χ3n) is 5.38. The van der Waals surface area contributed by atoms with Crippen LogP contribution in [0.15, 0.2) is 30.3 Å². The molecule has 1 atom stereocenters. The van der Waals surface area contributed by atoms with Gasteiger partial charge in [-0.1, -0.05) is 30.3 Å². The average molecular weight is 561 g/mol. The van der Waals surface area contributed by atoms with Crippen LogP contribution < -0.4 is 25.0 Å². The third kappa shape index (κ3) is 10.1. The Kier molecular flexibility index (Phi) is 11.1. The van der Waals surface area contributed by atoms with E-state index in [1.807, 2.05) is 30.3 Å². The smallest absolute Gasteiger partial charge is 0.407 e. The monoisotopic (exact) mass is 560 g/mol. The maximum absolute atomic E-state index is 12.3. The molecule has 40 heavy (non-hydrogen) atoms. The highest BCUT2D eigenvalue weighted by Gasteiger charge is 2.34. The number of alkyl carbamates (subject to hydrolysis) is 2. The normalized spacial score (nSPS) is 14.7. The molecule has 1 fully saturated rings. The summed E-state index contributed by atoms with van der Waals surface area (Å²) in [6, 6.07) is 8.64. The van der Waals surface area contributed by atoms with Crippen molar-refractivity contribution in [1.29, 1.82) is 0 Å². The number of nitrogens with zero attached hydrogens (tertiary/aromatic N) is 4. The van der Waals surface area contributed by atoms with Crippen molar-refractivity contribution < 1.29 is 38.1 Å². The van der Waals surface area contributed by atoms with Gasteiger partial charge in [0.25, 0.3) is 0 Å². The van der Waals surface area contributed by atoms with E-state index in [4.69, 9.17) is 23.7 Å². The molecule has 2 N–H and O–H groups in total. The number of ether oxygens (including phenoxy) is 5. The van der Waals surface area contributed by atoms with E-state index in [1.54, 1.807) is 25.7 Å². The van der Waals surface area contributed by atoms with Crippen molar-refractivity contribution in [2.24, 2.45) is 0 Å². The molecule has 0 spiro atoms. The van der Waals surface area contributed by atoms with Crippen molar-refractivity contribution in [1.82, 2.24) is 25.6 Å². The van der Waals surface area contributed by atoms with Gasteiger partial charge in [0.1, 0.15) is 31.5 Å². The molecule has 1 aromatic heterocycles. The Labute approximate surface area is 232 Å². The minimum atomic E-state index is -0.625. The van der Waals surface area contributed by atoms with E-state index in [-0.39, 0.29) is 50.9 Å². The highest BCUT2D eigenvalue weighted by Crippen LogP contribution is 2.26. The molecule has 14 nitrogen and oxygen atoms in total. The second-order valence-electron chi connectivity index (χ2n) is 9.69. The second kappa shape index (κ2) is 14.7. The zero-order valence-corrected chi connectivity index (χ0v) is 23.2. The number of carbonyl (C=O) groups is 3. The maximum Gasteiger partial charge on any atom is 0.407 e. The second-order valence-corrected chi connectivity index (χ2v) is 9.69. The highest BCUT2D eigenvalue weighted by atomic mass is 16.6. The first-order valence-electron chi connectivity index (χ1n) is 12.9. The molecule has 2 amide bonds. The number of benzene rings is 1. The Morgan fingerprint density at radius 1 is 0.950 bits per heavy atom. The zero-order chi connectivity index (χ0) is 29.0. The minimum absolute atomic E-state index is 0.0317. The van der Waals surface area contributed by atoms with Crippen LogP contribution in [-0.4, -0.2) is 84.7 Å². The van der Waals surface area contributed by atoms with Gasteiger partial charge in [-0.15, -0.1) is 4.98 Å². The molecular weight excluding hydrogens is 524 g/mol. The number of methoxy groups -OCH3 is 1. The van der Waals surface area contributed by atoms with Crippen molar-refractivity contribution in [2.75, 3.05) is 44.9 Å². The van der Waals surface area contributed by atoms with Crippen LogP contribution in [0.5, 0.6) is 12.0 Å². The fraction of sp³-hybridized carbons (Fsp3) is 0.538. The van der Waals surface area contributed by atoms with Gasteiger partial charge in [-0.05, 0) is 39.2 Å². The molecule has 0 bridgehead atoms. The van der Waals surface area contributed by atoms with E-state index < -0.39 is 29.8 Å². The number of esters is 1. The van der Waals surface area contributed by atoms with Crippen molar-refractivity contribution in [3.05, 3.63) is 35.9 Å². The molecule has 0 saturated carbocycles. The molecule has 1 aliphatic rings. The van der Waals surface area contributed by atoms with Gasteiger partial charge in [-0.2, -0.15) is 9.97 Å². The van der Waals surface area contributed by atoms with Crippen LogP contribution in [0, 0.1) is 0 Å². The van der Waals surface area contributed by atoms with Gasteiger partial charge in [0, 0.05) is 6.54 Å². The molecule has 1 saturated heterocycles. The summed E-state index contributed by atoms with van der Waals surface area (Å²) in [6.07, 6.45) is 0.152. The topological polar surface area (TPSA) is 163 Å². The van der Waals surface area contributed by atoms with Crippen molar-refractivity contribution in [2.45, 2.75) is 51.9 Å². The molecule has 2 heterocycles. The number of carbonyl (C=O) groups excluding carboxylic acids is 3. The number of hydrogen-bond donors (Lipinski definition) is 2. The largest absolute Gasteiger partial charge is 0.467 e. The molecular formula is C26H36N6O8. The predicted octanol–water partition coefficient (Wildman–Crippen LogP) is 2.22. The van der Waals surface area contributed by atoms with Gasteiger partial charge in [0.15, 0.2) is 0 Å². The number of rotatable bonds is 12. The summed E-state index contributed by atoms with van der Waals surface area (Å²) in [6.45, 7) is 6.29. The molecule has 1 aliphatic heterocycles. The molecule has 0 unspecified atom stereocenters. The van der Waals surface area contributed by atoms with E-state index in [9.17, 15) is 14.4 Å².